The van der Waals surface area contributed by atoms with Gasteiger partial charge >= 0.3 is 0 Å². The van der Waals surface area contributed by atoms with Crippen LogP contribution in [0.15, 0.2) is 11.6 Å². The molecular formula is C14H16N2O2S. The van der Waals surface area contributed by atoms with Gasteiger partial charge in [0.25, 0.3) is 0 Å². The van der Waals surface area contributed by atoms with Crippen molar-refractivity contribution in [2.24, 2.45) is 0 Å². The third-order valence-electron chi connectivity index (χ3n) is 2.98. The molecule has 100 valence electrons. The number of nitrogens with zero attached hydrogens (tertiary/aromatic N) is 2. The van der Waals surface area contributed by atoms with Gasteiger partial charge in [-0.25, -0.2) is 4.98 Å². The summed E-state index contributed by atoms with van der Waals surface area (Å²) < 4.78 is 5.34. The highest BCUT2D eigenvalue weighted by Crippen LogP contribution is 2.24. The van der Waals surface area contributed by atoms with Gasteiger partial charge in [0.1, 0.15) is 11.4 Å². The summed E-state index contributed by atoms with van der Waals surface area (Å²) >= 11 is 1.48. The van der Waals surface area contributed by atoms with Gasteiger partial charge in [-0.3, -0.25) is 9.78 Å². The van der Waals surface area contributed by atoms with Crippen LogP contribution >= 0.6 is 11.3 Å². The van der Waals surface area contributed by atoms with Crippen LogP contribution in [0.2, 0.25) is 0 Å². The van der Waals surface area contributed by atoms with Crippen molar-refractivity contribution < 1.29 is 9.53 Å². The first-order chi connectivity index (χ1) is 9.02. The summed E-state index contributed by atoms with van der Waals surface area (Å²) in [6.07, 6.45) is 1.99. The maximum Gasteiger partial charge on any atom is 0.187 e. The number of pyridine rings is 1. The highest BCUT2D eigenvalue weighted by atomic mass is 32.1. The Hall–Kier alpha value is -1.75. The van der Waals surface area contributed by atoms with Crippen LogP contribution in [0.1, 0.15) is 32.3 Å². The molecule has 0 N–H and O–H groups in total. The minimum Gasteiger partial charge on any atom is -0.496 e. The lowest BCUT2D eigenvalue weighted by molar-refractivity contribution is 0.0987. The van der Waals surface area contributed by atoms with Crippen molar-refractivity contribution in [2.45, 2.75) is 27.2 Å². The van der Waals surface area contributed by atoms with Crippen LogP contribution in [0.5, 0.6) is 5.75 Å². The summed E-state index contributed by atoms with van der Waals surface area (Å²) in [5.41, 5.74) is 3.16. The van der Waals surface area contributed by atoms with Gasteiger partial charge in [-0.1, -0.05) is 0 Å². The van der Waals surface area contributed by atoms with Crippen LogP contribution in [0, 0.1) is 20.8 Å². The predicted octanol–water partition coefficient (Wildman–Crippen LogP) is 2.90. The fourth-order valence-corrected chi connectivity index (χ4v) is 2.60. The first-order valence-electron chi connectivity index (χ1n) is 5.97. The van der Waals surface area contributed by atoms with Gasteiger partial charge in [0.15, 0.2) is 5.78 Å². The van der Waals surface area contributed by atoms with Crippen molar-refractivity contribution in [1.82, 2.24) is 9.97 Å². The van der Waals surface area contributed by atoms with E-state index in [0.29, 0.717) is 5.69 Å². The van der Waals surface area contributed by atoms with E-state index in [9.17, 15) is 4.79 Å². The molecule has 2 rings (SSSR count). The van der Waals surface area contributed by atoms with E-state index in [-0.39, 0.29) is 12.2 Å². The quantitative estimate of drug-likeness (QED) is 0.806. The van der Waals surface area contributed by atoms with Gasteiger partial charge < -0.3 is 4.74 Å². The van der Waals surface area contributed by atoms with Crippen molar-refractivity contribution in [3.8, 4) is 5.75 Å². The molecule has 0 bridgehead atoms. The monoisotopic (exact) mass is 276 g/mol. The number of ketones is 1. The van der Waals surface area contributed by atoms with Gasteiger partial charge in [-0.05, 0) is 20.8 Å². The summed E-state index contributed by atoms with van der Waals surface area (Å²) in [6.45, 7) is 5.75. The number of aromatic nitrogens is 2. The second-order valence-corrected chi connectivity index (χ2v) is 5.46. The molecule has 0 atom stereocenters. The smallest absolute Gasteiger partial charge is 0.187 e. The van der Waals surface area contributed by atoms with Crippen LogP contribution in [0.25, 0.3) is 0 Å². The predicted molar refractivity (Wildman–Crippen MR) is 75.1 cm³/mol. The fraction of sp³-hybridized carbons (Fsp3) is 0.357. The number of hydrogen-bond donors (Lipinski definition) is 0. The molecule has 19 heavy (non-hydrogen) atoms. The Morgan fingerprint density at radius 2 is 2.11 bits per heavy atom. The molecule has 0 aliphatic rings. The van der Waals surface area contributed by atoms with Crippen LogP contribution in [-0.2, 0) is 6.42 Å². The van der Waals surface area contributed by atoms with Crippen molar-refractivity contribution in [3.05, 3.63) is 39.1 Å². The second kappa shape index (κ2) is 5.48. The SMILES string of the molecule is COc1c(C)cnc(CC(=O)c2csc(C)n2)c1C. The van der Waals surface area contributed by atoms with E-state index in [1.165, 1.54) is 11.3 Å². The molecule has 0 spiro atoms. The Balaban J connectivity index is 2.27. The summed E-state index contributed by atoms with van der Waals surface area (Å²) in [5.74, 6) is 0.790. The molecule has 0 radical (unpaired) electrons. The molecule has 0 fully saturated rings. The largest absolute Gasteiger partial charge is 0.496 e. The molecular weight excluding hydrogens is 260 g/mol. The fourth-order valence-electron chi connectivity index (χ4n) is 1.98. The average molecular weight is 276 g/mol. The number of methoxy groups -OCH3 is 1. The molecule has 0 saturated carbocycles. The number of hydrogen-bond acceptors (Lipinski definition) is 5. The van der Waals surface area contributed by atoms with Crippen LogP contribution < -0.4 is 4.74 Å². The van der Waals surface area contributed by atoms with Crippen LogP contribution in [-0.4, -0.2) is 22.9 Å². The second-order valence-electron chi connectivity index (χ2n) is 4.40. The highest BCUT2D eigenvalue weighted by Gasteiger charge is 2.15. The van der Waals surface area contributed by atoms with Crippen molar-refractivity contribution in [1.29, 1.82) is 0 Å². The normalized spacial score (nSPS) is 10.5. The lowest BCUT2D eigenvalue weighted by Crippen LogP contribution is -2.08. The Bertz CT molecular complexity index is 620. The molecule has 2 aromatic heterocycles. The van der Waals surface area contributed by atoms with Gasteiger partial charge in [0.2, 0.25) is 0 Å². The zero-order valence-corrected chi connectivity index (χ0v) is 12.3. The van der Waals surface area contributed by atoms with E-state index in [2.05, 4.69) is 9.97 Å². The molecule has 0 saturated heterocycles. The average Bonchev–Trinajstić information content (AvgIpc) is 2.80. The molecule has 2 aromatic rings. The van der Waals surface area contributed by atoms with Gasteiger partial charge in [-0.15, -0.1) is 11.3 Å². The summed E-state index contributed by atoms with van der Waals surface area (Å²) in [7, 11) is 1.63. The van der Waals surface area contributed by atoms with Crippen LogP contribution in [0.3, 0.4) is 0 Å². The van der Waals surface area contributed by atoms with E-state index in [1.807, 2.05) is 20.8 Å². The molecule has 5 heteroatoms. The number of thiazole rings is 1. The molecule has 0 aromatic carbocycles. The molecule has 0 unspecified atom stereocenters. The van der Waals surface area contributed by atoms with Crippen molar-refractivity contribution in [2.75, 3.05) is 7.11 Å². The Labute approximate surface area is 116 Å². The zero-order valence-electron chi connectivity index (χ0n) is 11.5. The number of carbonyl (C=O) groups excluding carboxylic acids is 1. The molecule has 0 aliphatic carbocycles. The van der Waals surface area contributed by atoms with Crippen molar-refractivity contribution in [3.63, 3.8) is 0 Å². The third kappa shape index (κ3) is 2.81. The Morgan fingerprint density at radius 3 is 2.68 bits per heavy atom. The first kappa shape index (κ1) is 13.7. The Morgan fingerprint density at radius 1 is 1.37 bits per heavy atom. The lowest BCUT2D eigenvalue weighted by Gasteiger charge is -2.11. The van der Waals surface area contributed by atoms with Crippen molar-refractivity contribution >= 4 is 17.1 Å². The van der Waals surface area contributed by atoms with E-state index in [4.69, 9.17) is 4.74 Å². The standard InChI is InChI=1S/C14H16N2O2S/c1-8-6-15-11(9(2)14(8)18-4)5-13(17)12-7-19-10(3)16-12/h6-7H,5H2,1-4H3. The Kier molecular flexibility index (Phi) is 3.95. The summed E-state index contributed by atoms with van der Waals surface area (Å²) in [6, 6.07) is 0. The third-order valence-corrected chi connectivity index (χ3v) is 3.76. The number of ether oxygens (including phenoxy) is 1. The molecule has 0 aliphatic heterocycles. The van der Waals surface area contributed by atoms with E-state index in [0.717, 1.165) is 27.6 Å². The summed E-state index contributed by atoms with van der Waals surface area (Å²) in [4.78, 5) is 20.7. The van der Waals surface area contributed by atoms with E-state index >= 15 is 0 Å². The molecule has 0 amide bonds. The van der Waals surface area contributed by atoms with E-state index in [1.54, 1.807) is 18.7 Å². The first-order valence-corrected chi connectivity index (χ1v) is 6.85. The van der Waals surface area contributed by atoms with Gasteiger partial charge in [0.05, 0.1) is 24.2 Å². The molecule has 2 heterocycles. The highest BCUT2D eigenvalue weighted by molar-refractivity contribution is 7.09. The topological polar surface area (TPSA) is 52.1 Å². The minimum absolute atomic E-state index is 0.00847. The minimum atomic E-state index is -0.00847. The van der Waals surface area contributed by atoms with E-state index < -0.39 is 0 Å². The number of Topliss-reactive ketones (excluding diaryl/α,β-unsaturated/α-hetero) is 1. The molecule has 4 nitrogen and oxygen atoms in total. The maximum absolute atomic E-state index is 12.1. The van der Waals surface area contributed by atoms with Gasteiger partial charge in [0, 0.05) is 22.7 Å². The lowest BCUT2D eigenvalue weighted by atomic mass is 10.1. The van der Waals surface area contributed by atoms with Crippen LogP contribution in [0.4, 0.5) is 0 Å². The summed E-state index contributed by atoms with van der Waals surface area (Å²) in [5, 5.41) is 2.69. The number of carbonyl (C=O) groups is 1. The number of aryl methyl sites for hydroxylation is 2. The maximum atomic E-state index is 12.1. The number of rotatable bonds is 4. The zero-order chi connectivity index (χ0) is 14.0. The van der Waals surface area contributed by atoms with Gasteiger partial charge in [-0.2, -0.15) is 0 Å².